The Morgan fingerprint density at radius 1 is 0.724 bits per heavy atom. The molecule has 0 unspecified atom stereocenters. The molecule has 2 nitrogen and oxygen atoms in total. The van der Waals surface area contributed by atoms with Crippen LogP contribution in [0.3, 0.4) is 0 Å². The molecule has 0 amide bonds. The second kappa shape index (κ2) is 8.83. The maximum absolute atomic E-state index is 9.57. The van der Waals surface area contributed by atoms with Crippen LogP contribution in [0.5, 0.6) is 5.75 Å². The first kappa shape index (κ1) is 20.5. The first-order valence-electron chi connectivity index (χ1n) is 9.94. The van der Waals surface area contributed by atoms with Gasteiger partial charge in [0.2, 0.25) is 0 Å². The highest BCUT2D eigenvalue weighted by Crippen LogP contribution is 2.30. The fourth-order valence-corrected chi connectivity index (χ4v) is 3.26. The van der Waals surface area contributed by atoms with E-state index in [1.54, 1.807) is 6.07 Å². The molecule has 4 aromatic carbocycles. The summed E-state index contributed by atoms with van der Waals surface area (Å²) in [4.78, 5) is 0. The van der Waals surface area contributed by atoms with Crippen LogP contribution in [-0.4, -0.2) is 5.11 Å². The van der Waals surface area contributed by atoms with Crippen molar-refractivity contribution in [1.82, 2.24) is 0 Å². The Bertz CT molecular complexity index is 1070. The van der Waals surface area contributed by atoms with E-state index in [9.17, 15) is 5.11 Å². The van der Waals surface area contributed by atoms with Crippen LogP contribution in [0, 0.1) is 6.92 Å². The van der Waals surface area contributed by atoms with Crippen molar-refractivity contribution in [3.8, 4) is 5.75 Å². The third kappa shape index (κ3) is 5.39. The molecular formula is C27H29NO. The molecule has 4 aromatic rings. The molecule has 4 rings (SSSR count). The summed E-state index contributed by atoms with van der Waals surface area (Å²) in [5.41, 5.74) is 4.49. The number of nitrogens with one attached hydrogen (secondary N) is 1. The fraction of sp³-hybridized carbons (Fsp3) is 0.185. The van der Waals surface area contributed by atoms with Gasteiger partial charge in [-0.25, -0.2) is 0 Å². The van der Waals surface area contributed by atoms with Gasteiger partial charge >= 0.3 is 0 Å². The van der Waals surface area contributed by atoms with E-state index < -0.39 is 0 Å². The minimum absolute atomic E-state index is 0.0239. The number of hydrogen-bond donors (Lipinski definition) is 2. The van der Waals surface area contributed by atoms with Gasteiger partial charge < -0.3 is 10.4 Å². The van der Waals surface area contributed by atoms with Crippen LogP contribution in [0.2, 0.25) is 0 Å². The van der Waals surface area contributed by atoms with Crippen molar-refractivity contribution in [3.05, 3.63) is 102 Å². The zero-order valence-corrected chi connectivity index (χ0v) is 17.6. The molecule has 0 aliphatic rings. The second-order valence-electron chi connectivity index (χ2n) is 8.29. The van der Waals surface area contributed by atoms with Gasteiger partial charge in [0.25, 0.3) is 0 Å². The minimum atomic E-state index is 0.0239. The van der Waals surface area contributed by atoms with Crippen molar-refractivity contribution < 1.29 is 5.11 Å². The number of hydrogen-bond acceptors (Lipinski definition) is 2. The van der Waals surface area contributed by atoms with Crippen molar-refractivity contribution in [2.75, 3.05) is 5.32 Å². The lowest BCUT2D eigenvalue weighted by Crippen LogP contribution is -2.11. The number of phenolic OH excluding ortho intramolecular Hbond substituents is 1. The maximum atomic E-state index is 9.57. The summed E-state index contributed by atoms with van der Waals surface area (Å²) in [6.45, 7) is 8.33. The minimum Gasteiger partial charge on any atom is -0.508 e. The normalized spacial score (nSPS) is 10.9. The average molecular weight is 384 g/mol. The monoisotopic (exact) mass is 383 g/mol. The lowest BCUT2D eigenvalue weighted by atomic mass is 9.85. The Hall–Kier alpha value is -3.26. The summed E-state index contributed by atoms with van der Waals surface area (Å²) in [6, 6.07) is 30.7. The van der Waals surface area contributed by atoms with Crippen LogP contribution in [0.25, 0.3) is 10.8 Å². The lowest BCUT2D eigenvalue weighted by Gasteiger charge is -2.20. The Balaban J connectivity index is 0.000000177. The van der Waals surface area contributed by atoms with E-state index in [-0.39, 0.29) is 5.41 Å². The van der Waals surface area contributed by atoms with Gasteiger partial charge in [-0.3, -0.25) is 0 Å². The molecule has 0 fully saturated rings. The molecule has 29 heavy (non-hydrogen) atoms. The molecule has 0 radical (unpaired) electrons. The zero-order chi connectivity index (χ0) is 20.9. The summed E-state index contributed by atoms with van der Waals surface area (Å²) in [6.07, 6.45) is 0. The summed E-state index contributed by atoms with van der Waals surface area (Å²) in [5, 5.41) is 15.5. The molecule has 2 N–H and O–H groups in total. The van der Waals surface area contributed by atoms with E-state index in [0.29, 0.717) is 5.75 Å². The Kier molecular flexibility index (Phi) is 6.23. The number of para-hydroxylation sites is 1. The first-order chi connectivity index (χ1) is 13.8. The third-order valence-electron chi connectivity index (χ3n) is 4.80. The van der Waals surface area contributed by atoms with Crippen LogP contribution >= 0.6 is 0 Å². The van der Waals surface area contributed by atoms with Crippen molar-refractivity contribution in [2.45, 2.75) is 33.1 Å². The molecule has 0 aliphatic heterocycles. The summed E-state index contributed by atoms with van der Waals surface area (Å²) in [5.74, 6) is 0.396. The van der Waals surface area contributed by atoms with Crippen molar-refractivity contribution in [1.29, 1.82) is 0 Å². The largest absolute Gasteiger partial charge is 0.508 e. The van der Waals surface area contributed by atoms with Gasteiger partial charge in [0.05, 0.1) is 0 Å². The Morgan fingerprint density at radius 3 is 2.07 bits per heavy atom. The standard InChI is InChI=1S/C16H13N.C11H16O/c1-2-9-14(10-3-1)17-16-12-6-8-13-7-4-5-11-15(13)16;1-8-5-6-10(12)9(7-8)11(2,3)4/h1-12,17H;5-7,12H,1-4H3. The lowest BCUT2D eigenvalue weighted by molar-refractivity contribution is 0.446. The van der Waals surface area contributed by atoms with Crippen molar-refractivity contribution >= 4 is 22.1 Å². The summed E-state index contributed by atoms with van der Waals surface area (Å²) in [7, 11) is 0. The topological polar surface area (TPSA) is 32.3 Å². The van der Waals surface area contributed by atoms with Crippen LogP contribution < -0.4 is 5.32 Å². The molecular weight excluding hydrogens is 354 g/mol. The van der Waals surface area contributed by atoms with Gasteiger partial charge in [-0.2, -0.15) is 0 Å². The predicted molar refractivity (Wildman–Crippen MR) is 125 cm³/mol. The van der Waals surface area contributed by atoms with Crippen molar-refractivity contribution in [3.63, 3.8) is 0 Å². The highest BCUT2D eigenvalue weighted by atomic mass is 16.3. The quantitative estimate of drug-likeness (QED) is 0.374. The predicted octanol–water partition coefficient (Wildman–Crippen LogP) is 7.58. The SMILES string of the molecule is Cc1ccc(O)c(C(C)(C)C)c1.c1ccc(Nc2cccc3ccccc23)cc1. The number of aromatic hydroxyl groups is 1. The molecule has 0 bridgehead atoms. The van der Waals surface area contributed by atoms with E-state index in [1.165, 1.54) is 16.3 Å². The molecule has 0 aliphatic carbocycles. The van der Waals surface area contributed by atoms with Crippen LogP contribution in [0.1, 0.15) is 31.9 Å². The highest BCUT2D eigenvalue weighted by molar-refractivity contribution is 5.95. The van der Waals surface area contributed by atoms with Crippen LogP contribution in [0.4, 0.5) is 11.4 Å². The van der Waals surface area contributed by atoms with Gasteiger partial charge in [-0.15, -0.1) is 0 Å². The Morgan fingerprint density at radius 2 is 1.38 bits per heavy atom. The molecule has 148 valence electrons. The van der Waals surface area contributed by atoms with Gasteiger partial charge in [0, 0.05) is 16.8 Å². The molecule has 0 atom stereocenters. The average Bonchev–Trinajstić information content (AvgIpc) is 2.71. The van der Waals surface area contributed by atoms with Gasteiger partial charge in [-0.05, 0) is 47.6 Å². The van der Waals surface area contributed by atoms with Crippen LogP contribution in [0.15, 0.2) is 91.0 Å². The number of rotatable bonds is 2. The van der Waals surface area contributed by atoms with E-state index in [1.807, 2.05) is 37.3 Å². The van der Waals surface area contributed by atoms with Gasteiger partial charge in [-0.1, -0.05) is 93.1 Å². The summed E-state index contributed by atoms with van der Waals surface area (Å²) >= 11 is 0. The molecule has 2 heteroatoms. The summed E-state index contributed by atoms with van der Waals surface area (Å²) < 4.78 is 0. The first-order valence-corrected chi connectivity index (χ1v) is 9.94. The molecule has 0 heterocycles. The van der Waals surface area contributed by atoms with E-state index in [2.05, 4.69) is 80.7 Å². The Labute approximate surface area is 173 Å². The number of fused-ring (bicyclic) bond motifs is 1. The van der Waals surface area contributed by atoms with Gasteiger partial charge in [0.1, 0.15) is 5.75 Å². The fourth-order valence-electron chi connectivity index (χ4n) is 3.26. The zero-order valence-electron chi connectivity index (χ0n) is 17.6. The van der Waals surface area contributed by atoms with E-state index >= 15 is 0 Å². The number of anilines is 2. The van der Waals surface area contributed by atoms with Crippen LogP contribution in [-0.2, 0) is 5.41 Å². The molecule has 0 aromatic heterocycles. The smallest absolute Gasteiger partial charge is 0.119 e. The molecule has 0 saturated carbocycles. The maximum Gasteiger partial charge on any atom is 0.119 e. The third-order valence-corrected chi connectivity index (χ3v) is 4.80. The van der Waals surface area contributed by atoms with E-state index in [0.717, 1.165) is 16.9 Å². The molecule has 0 saturated heterocycles. The molecule has 0 spiro atoms. The van der Waals surface area contributed by atoms with E-state index in [4.69, 9.17) is 0 Å². The number of benzene rings is 4. The highest BCUT2D eigenvalue weighted by Gasteiger charge is 2.17. The number of phenols is 1. The van der Waals surface area contributed by atoms with Crippen molar-refractivity contribution in [2.24, 2.45) is 0 Å². The number of aryl methyl sites for hydroxylation is 1. The second-order valence-corrected chi connectivity index (χ2v) is 8.29. The van der Waals surface area contributed by atoms with Gasteiger partial charge in [0.15, 0.2) is 0 Å².